The Morgan fingerprint density at radius 3 is 2.27 bits per heavy atom. The summed E-state index contributed by atoms with van der Waals surface area (Å²) in [5, 5.41) is 0. The molecule has 1 unspecified atom stereocenters. The van der Waals surface area contributed by atoms with Gasteiger partial charge >= 0.3 is 0 Å². The maximum absolute atomic E-state index is 10.2. The molecule has 0 radical (unpaired) electrons. The van der Waals surface area contributed by atoms with Crippen LogP contribution in [0.15, 0.2) is 12.7 Å². The second-order valence-corrected chi connectivity index (χ2v) is 1.90. The van der Waals surface area contributed by atoms with Gasteiger partial charge in [0, 0.05) is 12.5 Å². The van der Waals surface area contributed by atoms with Crippen LogP contribution in [-0.4, -0.2) is 11.9 Å². The Balaban J connectivity index is -0.000000320. The summed E-state index contributed by atoms with van der Waals surface area (Å²) in [6.45, 7) is 3.46. The van der Waals surface area contributed by atoms with E-state index in [0.29, 0.717) is 12.8 Å². The molecule has 4 N–H and O–H groups in total. The first-order valence-corrected chi connectivity index (χ1v) is 2.83. The molecule has 0 heterocycles. The van der Waals surface area contributed by atoms with Gasteiger partial charge in [-0.05, 0) is 6.42 Å². The number of hydrogen-bond donors (Lipinski definition) is 2. The van der Waals surface area contributed by atoms with Gasteiger partial charge in [-0.25, -0.2) is 0 Å². The minimum absolute atomic E-state index is 0. The van der Waals surface area contributed by atoms with Gasteiger partial charge in [0.15, 0.2) is 0 Å². The third-order valence-electron chi connectivity index (χ3n) is 1.03. The van der Waals surface area contributed by atoms with Crippen molar-refractivity contribution in [1.82, 2.24) is 0 Å². The van der Waals surface area contributed by atoms with Gasteiger partial charge in [-0.2, -0.15) is 0 Å². The minimum atomic E-state index is -0.313. The van der Waals surface area contributed by atoms with Crippen molar-refractivity contribution in [2.45, 2.75) is 18.9 Å². The van der Waals surface area contributed by atoms with E-state index in [1.165, 1.54) is 0 Å². The van der Waals surface area contributed by atoms with Crippen LogP contribution in [0.2, 0.25) is 0 Å². The van der Waals surface area contributed by atoms with Crippen molar-refractivity contribution in [3.8, 4) is 0 Å². The summed E-state index contributed by atoms with van der Waals surface area (Å²) in [5.41, 5.74) is 10.3. The van der Waals surface area contributed by atoms with E-state index in [-0.39, 0.29) is 36.8 Å². The molecule has 0 aromatic heterocycles. The Hall–Kier alpha value is -0.250. The van der Waals surface area contributed by atoms with Crippen LogP contribution in [0.1, 0.15) is 12.8 Å². The number of carbonyl (C=O) groups excluding carboxylic acids is 1. The highest BCUT2D eigenvalue weighted by Gasteiger charge is 1.98. The zero-order chi connectivity index (χ0) is 7.28. The highest BCUT2D eigenvalue weighted by atomic mass is 35.5. The standard InChI is InChI=1S/C6H12N2O.2ClH/c1-2-5(7)3-4-6(8)9;;/h2,5H,1,3-4,7H2,(H2,8,9);2*1H. The monoisotopic (exact) mass is 200 g/mol. The number of amides is 1. The van der Waals surface area contributed by atoms with Crippen LogP contribution in [-0.2, 0) is 4.79 Å². The Morgan fingerprint density at radius 1 is 1.55 bits per heavy atom. The molecule has 5 heteroatoms. The quantitative estimate of drug-likeness (QED) is 0.654. The van der Waals surface area contributed by atoms with Crippen molar-refractivity contribution >= 4 is 30.7 Å². The van der Waals surface area contributed by atoms with Gasteiger partial charge in [-0.15, -0.1) is 31.4 Å². The van der Waals surface area contributed by atoms with Crippen molar-refractivity contribution < 1.29 is 4.79 Å². The molecular weight excluding hydrogens is 187 g/mol. The summed E-state index contributed by atoms with van der Waals surface area (Å²) in [5.74, 6) is -0.313. The average Bonchev–Trinajstić information content (AvgIpc) is 1.83. The fraction of sp³-hybridized carbons (Fsp3) is 0.500. The molecule has 0 aliphatic rings. The van der Waals surface area contributed by atoms with E-state index in [4.69, 9.17) is 11.5 Å². The largest absolute Gasteiger partial charge is 0.370 e. The first-order valence-electron chi connectivity index (χ1n) is 2.83. The van der Waals surface area contributed by atoms with Crippen LogP contribution in [0, 0.1) is 0 Å². The summed E-state index contributed by atoms with van der Waals surface area (Å²) in [6, 6.07) is -0.0995. The van der Waals surface area contributed by atoms with Crippen LogP contribution in [0.4, 0.5) is 0 Å². The highest BCUT2D eigenvalue weighted by Crippen LogP contribution is 1.92. The molecule has 1 atom stereocenters. The van der Waals surface area contributed by atoms with Crippen molar-refractivity contribution in [2.75, 3.05) is 0 Å². The molecular formula is C6H14Cl2N2O. The van der Waals surface area contributed by atoms with Gasteiger partial charge in [-0.1, -0.05) is 6.08 Å². The van der Waals surface area contributed by atoms with E-state index in [0.717, 1.165) is 0 Å². The van der Waals surface area contributed by atoms with Gasteiger partial charge in [0.2, 0.25) is 5.91 Å². The Kier molecular flexibility index (Phi) is 15.1. The van der Waals surface area contributed by atoms with E-state index in [2.05, 4.69) is 6.58 Å². The molecule has 1 amide bonds. The smallest absolute Gasteiger partial charge is 0.217 e. The maximum Gasteiger partial charge on any atom is 0.217 e. The average molecular weight is 201 g/mol. The fourth-order valence-corrected chi connectivity index (χ4v) is 0.427. The first kappa shape index (κ1) is 17.0. The highest BCUT2D eigenvalue weighted by molar-refractivity contribution is 5.85. The first-order chi connectivity index (χ1) is 4.16. The van der Waals surface area contributed by atoms with Gasteiger partial charge in [0.25, 0.3) is 0 Å². The van der Waals surface area contributed by atoms with Crippen LogP contribution >= 0.6 is 24.8 Å². The molecule has 11 heavy (non-hydrogen) atoms. The molecule has 68 valence electrons. The Labute approximate surface area is 79.0 Å². The van der Waals surface area contributed by atoms with E-state index < -0.39 is 0 Å². The third kappa shape index (κ3) is 12.9. The Bertz CT molecular complexity index is 119. The molecule has 3 nitrogen and oxygen atoms in total. The van der Waals surface area contributed by atoms with Gasteiger partial charge in [-0.3, -0.25) is 4.79 Å². The van der Waals surface area contributed by atoms with Crippen LogP contribution in [0.3, 0.4) is 0 Å². The molecule has 0 fully saturated rings. The second-order valence-electron chi connectivity index (χ2n) is 1.90. The number of halogens is 2. The lowest BCUT2D eigenvalue weighted by molar-refractivity contribution is -0.118. The predicted molar refractivity (Wildman–Crippen MR) is 51.1 cm³/mol. The van der Waals surface area contributed by atoms with Crippen molar-refractivity contribution in [2.24, 2.45) is 11.5 Å². The number of nitrogens with two attached hydrogens (primary N) is 2. The van der Waals surface area contributed by atoms with Crippen molar-refractivity contribution in [3.05, 3.63) is 12.7 Å². The zero-order valence-corrected chi connectivity index (χ0v) is 7.79. The second kappa shape index (κ2) is 9.75. The summed E-state index contributed by atoms with van der Waals surface area (Å²) in [4.78, 5) is 10.2. The molecule has 0 spiro atoms. The lowest BCUT2D eigenvalue weighted by Crippen LogP contribution is -2.20. The fourth-order valence-electron chi connectivity index (χ4n) is 0.427. The molecule has 0 saturated heterocycles. The summed E-state index contributed by atoms with van der Waals surface area (Å²) < 4.78 is 0. The number of rotatable bonds is 4. The molecule has 0 aromatic carbocycles. The molecule has 0 bridgehead atoms. The summed E-state index contributed by atoms with van der Waals surface area (Å²) in [6.07, 6.45) is 2.54. The van der Waals surface area contributed by atoms with E-state index in [9.17, 15) is 4.79 Å². The topological polar surface area (TPSA) is 69.1 Å². The Morgan fingerprint density at radius 2 is 2.00 bits per heavy atom. The molecule has 0 aromatic rings. The van der Waals surface area contributed by atoms with E-state index in [1.54, 1.807) is 6.08 Å². The lowest BCUT2D eigenvalue weighted by atomic mass is 10.2. The molecule has 0 aliphatic heterocycles. The van der Waals surface area contributed by atoms with Gasteiger partial charge in [0.1, 0.15) is 0 Å². The lowest BCUT2D eigenvalue weighted by Gasteiger charge is -2.01. The predicted octanol–water partition coefficient (Wildman–Crippen LogP) is 0.609. The SMILES string of the molecule is C=CC(N)CCC(N)=O.Cl.Cl. The molecule has 0 rings (SSSR count). The number of hydrogen-bond acceptors (Lipinski definition) is 2. The van der Waals surface area contributed by atoms with E-state index >= 15 is 0 Å². The van der Waals surface area contributed by atoms with Crippen molar-refractivity contribution in [3.63, 3.8) is 0 Å². The maximum atomic E-state index is 10.2. The number of primary amides is 1. The van der Waals surface area contributed by atoms with Gasteiger partial charge < -0.3 is 11.5 Å². The minimum Gasteiger partial charge on any atom is -0.370 e. The third-order valence-corrected chi connectivity index (χ3v) is 1.03. The molecule has 0 saturated carbocycles. The van der Waals surface area contributed by atoms with Crippen LogP contribution in [0.5, 0.6) is 0 Å². The van der Waals surface area contributed by atoms with Crippen LogP contribution in [0.25, 0.3) is 0 Å². The van der Waals surface area contributed by atoms with Gasteiger partial charge in [0.05, 0.1) is 0 Å². The normalized spacial score (nSPS) is 10.3. The molecule has 0 aliphatic carbocycles. The summed E-state index contributed by atoms with van der Waals surface area (Å²) >= 11 is 0. The van der Waals surface area contributed by atoms with Crippen LogP contribution < -0.4 is 11.5 Å². The summed E-state index contributed by atoms with van der Waals surface area (Å²) in [7, 11) is 0. The number of carbonyl (C=O) groups is 1. The zero-order valence-electron chi connectivity index (χ0n) is 6.16. The van der Waals surface area contributed by atoms with E-state index in [1.807, 2.05) is 0 Å². The van der Waals surface area contributed by atoms with Crippen molar-refractivity contribution in [1.29, 1.82) is 0 Å².